The summed E-state index contributed by atoms with van der Waals surface area (Å²) in [5.74, 6) is -1.48. The summed E-state index contributed by atoms with van der Waals surface area (Å²) in [6, 6.07) is 2.36. The molecule has 0 unspecified atom stereocenters. The molecule has 166 valence electrons. The van der Waals surface area contributed by atoms with Crippen molar-refractivity contribution in [2.45, 2.75) is 33.6 Å². The first kappa shape index (κ1) is 26.3. The van der Waals surface area contributed by atoms with Crippen molar-refractivity contribution in [3.8, 4) is 34.2 Å². The molecule has 0 aliphatic rings. The third kappa shape index (κ3) is 5.69. The molecule has 3 aromatic rings. The Kier molecular flexibility index (Phi) is 8.49. The molecule has 0 fully saturated rings. The Balaban J connectivity index is 0.00000363. The van der Waals surface area contributed by atoms with Gasteiger partial charge in [-0.2, -0.15) is 4.98 Å². The number of carbonyl (C=O) groups is 1. The van der Waals surface area contributed by atoms with Crippen molar-refractivity contribution < 1.29 is 37.8 Å². The molecule has 0 spiro atoms. The summed E-state index contributed by atoms with van der Waals surface area (Å²) in [6.07, 6.45) is 0. The van der Waals surface area contributed by atoms with Gasteiger partial charge in [0.15, 0.2) is 11.5 Å². The Morgan fingerprint density at radius 2 is 1.97 bits per heavy atom. The van der Waals surface area contributed by atoms with E-state index in [0.29, 0.717) is 12.1 Å². The second-order valence-corrected chi connectivity index (χ2v) is 7.91. The van der Waals surface area contributed by atoms with Gasteiger partial charge in [-0.3, -0.25) is 4.79 Å². The van der Waals surface area contributed by atoms with Crippen LogP contribution in [0.3, 0.4) is 0 Å². The summed E-state index contributed by atoms with van der Waals surface area (Å²) in [5, 5.41) is 20.7. The maximum absolute atomic E-state index is 12.5. The van der Waals surface area contributed by atoms with Crippen LogP contribution in [0.4, 0.5) is 0 Å². The Labute approximate surface area is 212 Å². The Morgan fingerprint density at radius 1 is 1.28 bits per heavy atom. The quantitative estimate of drug-likeness (QED) is 0.357. The van der Waals surface area contributed by atoms with Gasteiger partial charge < -0.3 is 38.3 Å². The molecule has 0 aliphatic carbocycles. The zero-order chi connectivity index (χ0) is 22.9. The predicted octanol–water partition coefficient (Wildman–Crippen LogP) is 1.11. The predicted molar refractivity (Wildman–Crippen MR) is 108 cm³/mol. The molecular formula is C18H19CaN4O8P. The fourth-order valence-electron chi connectivity index (χ4n) is 2.90. The van der Waals surface area contributed by atoms with Crippen molar-refractivity contribution in [2.24, 2.45) is 0 Å². The Bertz CT molecular complexity index is 1170. The smallest absolute Gasteiger partial charge is 0.780 e. The van der Waals surface area contributed by atoms with Gasteiger partial charge in [0.2, 0.25) is 11.7 Å². The molecule has 0 bridgehead atoms. The zero-order valence-corrected chi connectivity index (χ0v) is 20.8. The van der Waals surface area contributed by atoms with Gasteiger partial charge in [0.05, 0.1) is 5.56 Å². The monoisotopic (exact) mass is 490 g/mol. The van der Waals surface area contributed by atoms with E-state index in [4.69, 9.17) is 9.05 Å². The number of phosphoric acid groups is 1. The summed E-state index contributed by atoms with van der Waals surface area (Å²) >= 11 is 0. The second kappa shape index (κ2) is 10.3. The van der Waals surface area contributed by atoms with Gasteiger partial charge in [-0.05, 0) is 24.5 Å². The maximum Gasteiger partial charge on any atom is 2.00 e. The minimum absolute atomic E-state index is 0. The van der Waals surface area contributed by atoms with E-state index in [9.17, 15) is 24.3 Å². The fraction of sp³-hybridized carbons (Fsp3) is 0.333. The van der Waals surface area contributed by atoms with Crippen molar-refractivity contribution in [3.63, 3.8) is 0 Å². The van der Waals surface area contributed by atoms with E-state index >= 15 is 0 Å². The van der Waals surface area contributed by atoms with Crippen molar-refractivity contribution >= 4 is 51.5 Å². The summed E-state index contributed by atoms with van der Waals surface area (Å²) in [4.78, 5) is 38.8. The number of rotatable bonds is 7. The van der Waals surface area contributed by atoms with E-state index < -0.39 is 19.5 Å². The van der Waals surface area contributed by atoms with Crippen molar-refractivity contribution in [1.82, 2.24) is 20.6 Å². The van der Waals surface area contributed by atoms with Crippen LogP contribution < -0.4 is 19.6 Å². The molecule has 2 N–H and O–H groups in total. The number of aromatic hydroxyl groups is 1. The van der Waals surface area contributed by atoms with Crippen LogP contribution in [0.15, 0.2) is 21.2 Å². The standard InChI is InChI=1S/C18H21N4O8P.Ca/c1-5-19-18(24)15-14(17-20-9(4)28-22-17)16(29-21-15)11-6-10(8(2)3)13(7-12(11)23)30-31(25,26)27;/h6-8,23H,5H2,1-4H3,(H,19,24)(H2,25,26,27);/q;+2/p-2. The van der Waals surface area contributed by atoms with E-state index in [1.807, 2.05) is 0 Å². The second-order valence-electron chi connectivity index (χ2n) is 6.83. The molecule has 0 saturated heterocycles. The molecular weight excluding hydrogens is 471 g/mol. The fourth-order valence-corrected chi connectivity index (χ4v) is 3.30. The number of carbonyl (C=O) groups excluding carboxylic acids is 1. The van der Waals surface area contributed by atoms with Crippen LogP contribution in [0.25, 0.3) is 22.7 Å². The largest absolute Gasteiger partial charge is 2.00 e. The van der Waals surface area contributed by atoms with Crippen molar-refractivity contribution in [3.05, 3.63) is 29.3 Å². The first-order valence-electron chi connectivity index (χ1n) is 9.19. The number of hydrogen-bond acceptors (Lipinski definition) is 11. The van der Waals surface area contributed by atoms with Gasteiger partial charge in [-0.15, -0.1) is 0 Å². The van der Waals surface area contributed by atoms with Crippen LogP contribution in [0, 0.1) is 6.92 Å². The van der Waals surface area contributed by atoms with Crippen molar-refractivity contribution in [1.29, 1.82) is 0 Å². The average molecular weight is 490 g/mol. The molecule has 12 nitrogen and oxygen atoms in total. The van der Waals surface area contributed by atoms with Crippen LogP contribution in [0.2, 0.25) is 0 Å². The number of phosphoric ester groups is 1. The molecule has 3 rings (SSSR count). The molecule has 0 atom stereocenters. The molecule has 1 aromatic carbocycles. The summed E-state index contributed by atoms with van der Waals surface area (Å²) in [7, 11) is -5.36. The number of aryl methyl sites for hydroxylation is 1. The van der Waals surface area contributed by atoms with E-state index in [1.165, 1.54) is 6.07 Å². The number of phenolic OH excluding ortho intramolecular Hbond substituents is 1. The Hall–Kier alpha value is -1.95. The molecule has 2 aromatic heterocycles. The first-order valence-corrected chi connectivity index (χ1v) is 10.6. The topological polar surface area (TPSA) is 187 Å². The first-order chi connectivity index (χ1) is 14.5. The molecule has 1 amide bonds. The number of hydrogen-bond donors (Lipinski definition) is 2. The SMILES string of the molecule is CCNC(=O)c1noc(-c2cc(C(C)C)c(OP(=O)([O-])[O-])cc2O)c1-c1noc(C)n1.[Ca+2]. The number of nitrogens with zero attached hydrogens (tertiary/aromatic N) is 3. The third-order valence-electron chi connectivity index (χ3n) is 4.20. The number of aromatic nitrogens is 3. The minimum atomic E-state index is -5.36. The average Bonchev–Trinajstić information content (AvgIpc) is 3.26. The zero-order valence-electron chi connectivity index (χ0n) is 17.7. The van der Waals surface area contributed by atoms with Crippen LogP contribution in [0.5, 0.6) is 11.5 Å². The number of amides is 1. The van der Waals surface area contributed by atoms with Gasteiger partial charge in [0.25, 0.3) is 5.91 Å². The Morgan fingerprint density at radius 3 is 2.50 bits per heavy atom. The number of benzene rings is 1. The van der Waals surface area contributed by atoms with Gasteiger partial charge in [-0.1, -0.05) is 24.2 Å². The molecule has 0 radical (unpaired) electrons. The minimum Gasteiger partial charge on any atom is -0.780 e. The molecule has 14 heteroatoms. The summed E-state index contributed by atoms with van der Waals surface area (Å²) < 4.78 is 25.9. The molecule has 2 heterocycles. The number of phenols is 1. The van der Waals surface area contributed by atoms with Gasteiger partial charge in [0, 0.05) is 19.5 Å². The van der Waals surface area contributed by atoms with Gasteiger partial charge in [0.1, 0.15) is 24.9 Å². The third-order valence-corrected chi connectivity index (χ3v) is 4.62. The number of nitrogens with one attached hydrogen (secondary N) is 1. The van der Waals surface area contributed by atoms with Gasteiger partial charge in [-0.25, -0.2) is 0 Å². The van der Waals surface area contributed by atoms with Crippen LogP contribution in [0.1, 0.15) is 48.6 Å². The maximum atomic E-state index is 12.5. The van der Waals surface area contributed by atoms with Crippen LogP contribution in [-0.4, -0.2) is 70.6 Å². The van der Waals surface area contributed by atoms with E-state index in [0.717, 1.165) is 6.07 Å². The summed E-state index contributed by atoms with van der Waals surface area (Å²) in [6.45, 7) is 7.06. The van der Waals surface area contributed by atoms with Crippen LogP contribution in [-0.2, 0) is 4.57 Å². The molecule has 0 saturated carbocycles. The normalized spacial score (nSPS) is 11.3. The molecule has 0 aliphatic heterocycles. The van der Waals surface area contributed by atoms with E-state index in [-0.39, 0.29) is 83.7 Å². The van der Waals surface area contributed by atoms with Gasteiger partial charge >= 0.3 is 37.7 Å². The van der Waals surface area contributed by atoms with E-state index in [1.54, 1.807) is 27.7 Å². The molecule has 32 heavy (non-hydrogen) atoms. The van der Waals surface area contributed by atoms with Crippen molar-refractivity contribution in [2.75, 3.05) is 6.54 Å². The summed E-state index contributed by atoms with van der Waals surface area (Å²) in [5.41, 5.74) is 0.293. The van der Waals surface area contributed by atoms with E-state index in [2.05, 4.69) is 25.1 Å². The van der Waals surface area contributed by atoms with Crippen LogP contribution >= 0.6 is 7.82 Å².